The molecule has 1 saturated heterocycles. The zero-order valence-corrected chi connectivity index (χ0v) is 10.3. The van der Waals surface area contributed by atoms with Gasteiger partial charge >= 0.3 is 7.12 Å². The minimum absolute atomic E-state index is 0.153. The van der Waals surface area contributed by atoms with Crippen molar-refractivity contribution in [3.05, 3.63) is 24.3 Å². The van der Waals surface area contributed by atoms with Crippen molar-refractivity contribution in [3.63, 3.8) is 0 Å². The maximum Gasteiger partial charge on any atom is 0.496 e. The Morgan fingerprint density at radius 2 is 1.62 bits per heavy atom. The maximum absolute atomic E-state index is 5.80. The van der Waals surface area contributed by atoms with Crippen molar-refractivity contribution in [2.24, 2.45) is 0 Å². The zero-order chi connectivity index (χ0) is 11.7. The molecule has 2 rings (SSSR count). The molecule has 2 atom stereocenters. The lowest BCUT2D eigenvalue weighted by Crippen LogP contribution is -2.36. The van der Waals surface area contributed by atoms with E-state index in [4.69, 9.17) is 9.31 Å². The van der Waals surface area contributed by atoms with Crippen LogP contribution in [0.3, 0.4) is 0 Å². The number of para-hydroxylation sites is 1. The second kappa shape index (κ2) is 4.48. The molecule has 0 saturated carbocycles. The number of hydrogen-bond acceptors (Lipinski definition) is 3. The van der Waals surface area contributed by atoms with Gasteiger partial charge in [0, 0.05) is 25.2 Å². The first kappa shape index (κ1) is 11.5. The summed E-state index contributed by atoms with van der Waals surface area (Å²) in [7, 11) is 3.82. The molecular formula is C12H18BNO2. The van der Waals surface area contributed by atoms with Gasteiger partial charge < -0.3 is 14.2 Å². The van der Waals surface area contributed by atoms with E-state index < -0.39 is 0 Å². The number of hydrogen-bond donors (Lipinski definition) is 0. The highest BCUT2D eigenvalue weighted by molar-refractivity contribution is 6.63. The van der Waals surface area contributed by atoms with Crippen LogP contribution >= 0.6 is 0 Å². The standard InChI is InChI=1S/C12H18BNO2/c1-9-10(2)16-13(15-9)11-7-5-6-8-12(11)14(3)4/h5-10H,1-4H3. The van der Waals surface area contributed by atoms with E-state index >= 15 is 0 Å². The van der Waals surface area contributed by atoms with Gasteiger partial charge in [-0.3, -0.25) is 0 Å². The highest BCUT2D eigenvalue weighted by Gasteiger charge is 2.37. The number of benzene rings is 1. The Kier molecular flexibility index (Phi) is 3.21. The Hall–Kier alpha value is -0.995. The number of nitrogens with zero attached hydrogens (tertiary/aromatic N) is 1. The predicted octanol–water partition coefficient (Wildman–Crippen LogP) is 1.27. The van der Waals surface area contributed by atoms with E-state index in [0.29, 0.717) is 0 Å². The molecule has 1 aliphatic rings. The Bertz CT molecular complexity index is 360. The fourth-order valence-electron chi connectivity index (χ4n) is 1.88. The van der Waals surface area contributed by atoms with Crippen LogP contribution in [0.15, 0.2) is 24.3 Å². The fourth-order valence-corrected chi connectivity index (χ4v) is 1.88. The quantitative estimate of drug-likeness (QED) is 0.699. The van der Waals surface area contributed by atoms with E-state index in [-0.39, 0.29) is 19.3 Å². The molecule has 0 amide bonds. The van der Waals surface area contributed by atoms with Crippen LogP contribution in [0.4, 0.5) is 5.69 Å². The number of anilines is 1. The average molecular weight is 219 g/mol. The lowest BCUT2D eigenvalue weighted by Gasteiger charge is -2.18. The normalized spacial score (nSPS) is 24.9. The van der Waals surface area contributed by atoms with Crippen molar-refractivity contribution >= 4 is 18.3 Å². The molecular weight excluding hydrogens is 201 g/mol. The second-order valence-electron chi connectivity index (χ2n) is 4.47. The molecule has 1 heterocycles. The number of rotatable bonds is 2. The molecule has 1 aliphatic heterocycles. The summed E-state index contributed by atoms with van der Waals surface area (Å²) >= 11 is 0. The second-order valence-corrected chi connectivity index (χ2v) is 4.47. The van der Waals surface area contributed by atoms with Crippen LogP contribution in [-0.2, 0) is 9.31 Å². The van der Waals surface area contributed by atoms with E-state index in [1.54, 1.807) is 0 Å². The third-order valence-electron chi connectivity index (χ3n) is 3.01. The molecule has 0 aromatic heterocycles. The Labute approximate surface area is 97.5 Å². The molecule has 0 bridgehead atoms. The molecule has 3 nitrogen and oxygen atoms in total. The molecule has 86 valence electrons. The summed E-state index contributed by atoms with van der Waals surface area (Å²) in [6.07, 6.45) is 0.306. The van der Waals surface area contributed by atoms with Crippen LogP contribution in [0.5, 0.6) is 0 Å². The molecule has 1 aromatic carbocycles. The summed E-state index contributed by atoms with van der Waals surface area (Å²) in [6, 6.07) is 8.18. The van der Waals surface area contributed by atoms with Crippen molar-refractivity contribution in [2.45, 2.75) is 26.1 Å². The van der Waals surface area contributed by atoms with Gasteiger partial charge in [-0.05, 0) is 19.9 Å². The highest BCUT2D eigenvalue weighted by atomic mass is 16.7. The summed E-state index contributed by atoms with van der Waals surface area (Å²) in [5.74, 6) is 0. The molecule has 1 fully saturated rings. The predicted molar refractivity (Wildman–Crippen MR) is 67.3 cm³/mol. The van der Waals surface area contributed by atoms with Crippen LogP contribution in [0.2, 0.25) is 0 Å². The maximum atomic E-state index is 5.80. The molecule has 0 radical (unpaired) electrons. The Balaban J connectivity index is 2.27. The lowest BCUT2D eigenvalue weighted by atomic mass is 9.78. The van der Waals surface area contributed by atoms with Crippen LogP contribution in [0.1, 0.15) is 13.8 Å². The van der Waals surface area contributed by atoms with Crippen LogP contribution in [0, 0.1) is 0 Å². The van der Waals surface area contributed by atoms with E-state index in [1.165, 1.54) is 0 Å². The smallest absolute Gasteiger partial charge is 0.402 e. The molecule has 2 unspecified atom stereocenters. The first-order valence-electron chi connectivity index (χ1n) is 5.66. The van der Waals surface area contributed by atoms with E-state index in [2.05, 4.69) is 17.0 Å². The van der Waals surface area contributed by atoms with Crippen LogP contribution in [0.25, 0.3) is 0 Å². The molecule has 16 heavy (non-hydrogen) atoms. The molecule has 0 N–H and O–H groups in total. The average Bonchev–Trinajstić information content (AvgIpc) is 2.59. The molecule has 1 aromatic rings. The van der Waals surface area contributed by atoms with Crippen molar-refractivity contribution in [1.29, 1.82) is 0 Å². The summed E-state index contributed by atoms with van der Waals surface area (Å²) in [4.78, 5) is 2.08. The van der Waals surface area contributed by atoms with Gasteiger partial charge in [-0.25, -0.2) is 0 Å². The minimum atomic E-state index is -0.233. The van der Waals surface area contributed by atoms with Gasteiger partial charge in [0.1, 0.15) is 0 Å². The highest BCUT2D eigenvalue weighted by Crippen LogP contribution is 2.19. The minimum Gasteiger partial charge on any atom is -0.402 e. The summed E-state index contributed by atoms with van der Waals surface area (Å²) in [6.45, 7) is 4.09. The van der Waals surface area contributed by atoms with Gasteiger partial charge in [0.2, 0.25) is 0 Å². The van der Waals surface area contributed by atoms with Crippen molar-refractivity contribution in [3.8, 4) is 0 Å². The first-order valence-corrected chi connectivity index (χ1v) is 5.66. The van der Waals surface area contributed by atoms with Gasteiger partial charge in [-0.15, -0.1) is 0 Å². The van der Waals surface area contributed by atoms with E-state index in [0.717, 1.165) is 11.2 Å². The Morgan fingerprint density at radius 3 is 2.19 bits per heavy atom. The van der Waals surface area contributed by atoms with Gasteiger partial charge in [0.05, 0.1) is 12.2 Å². The molecule has 0 spiro atoms. The van der Waals surface area contributed by atoms with Crippen LogP contribution in [-0.4, -0.2) is 33.4 Å². The van der Waals surface area contributed by atoms with E-state index in [1.807, 2.05) is 40.1 Å². The third-order valence-corrected chi connectivity index (χ3v) is 3.01. The lowest BCUT2D eigenvalue weighted by molar-refractivity contribution is 0.187. The summed E-state index contributed by atoms with van der Waals surface area (Å²) < 4.78 is 11.6. The fraction of sp³-hybridized carbons (Fsp3) is 0.500. The molecule has 4 heteroatoms. The van der Waals surface area contributed by atoms with Crippen molar-refractivity contribution < 1.29 is 9.31 Å². The Morgan fingerprint density at radius 1 is 1.06 bits per heavy atom. The summed E-state index contributed by atoms with van der Waals surface area (Å²) in [5.41, 5.74) is 2.25. The van der Waals surface area contributed by atoms with E-state index in [9.17, 15) is 0 Å². The molecule has 0 aliphatic carbocycles. The van der Waals surface area contributed by atoms with Crippen molar-refractivity contribution in [2.75, 3.05) is 19.0 Å². The van der Waals surface area contributed by atoms with Gasteiger partial charge in [-0.1, -0.05) is 18.2 Å². The first-order chi connectivity index (χ1) is 7.59. The van der Waals surface area contributed by atoms with Crippen molar-refractivity contribution in [1.82, 2.24) is 0 Å². The van der Waals surface area contributed by atoms with Gasteiger partial charge in [0.25, 0.3) is 0 Å². The zero-order valence-electron chi connectivity index (χ0n) is 10.3. The topological polar surface area (TPSA) is 21.7 Å². The van der Waals surface area contributed by atoms with Gasteiger partial charge in [0.15, 0.2) is 0 Å². The monoisotopic (exact) mass is 219 g/mol. The summed E-state index contributed by atoms with van der Waals surface area (Å²) in [5, 5.41) is 0. The largest absolute Gasteiger partial charge is 0.496 e. The SMILES string of the molecule is CC1OB(c2ccccc2N(C)C)OC1C. The van der Waals surface area contributed by atoms with Crippen LogP contribution < -0.4 is 10.4 Å². The third kappa shape index (κ3) is 2.08. The van der Waals surface area contributed by atoms with Gasteiger partial charge in [-0.2, -0.15) is 0 Å².